The molecular weight excluding hydrogens is 214 g/mol. The van der Waals surface area contributed by atoms with Crippen molar-refractivity contribution >= 4 is 43.9 Å². The molecule has 0 heterocycles. The molecule has 1 aliphatic rings. The van der Waals surface area contributed by atoms with Crippen molar-refractivity contribution in [1.29, 1.82) is 0 Å². The van der Waals surface area contributed by atoms with Gasteiger partial charge in [0, 0.05) is 5.75 Å². The first-order valence-electron chi connectivity index (χ1n) is 2.95. The van der Waals surface area contributed by atoms with E-state index in [1.807, 2.05) is 0 Å². The average Bonchev–Trinajstić information content (AvgIpc) is 2.35. The zero-order valence-corrected chi connectivity index (χ0v) is 8.23. The summed E-state index contributed by atoms with van der Waals surface area (Å²) in [4.78, 5) is 0. The Morgan fingerprint density at radius 2 is 2.10 bits per heavy atom. The van der Waals surface area contributed by atoms with Gasteiger partial charge >= 0.3 is 0 Å². The van der Waals surface area contributed by atoms with E-state index in [9.17, 15) is 4.21 Å². The predicted octanol–water partition coefficient (Wildman–Crippen LogP) is 2.47. The van der Waals surface area contributed by atoms with Gasteiger partial charge in [0.2, 0.25) is 0 Å². The van der Waals surface area contributed by atoms with Gasteiger partial charge in [-0.2, -0.15) is 0 Å². The van der Waals surface area contributed by atoms with Crippen molar-refractivity contribution < 1.29 is 4.21 Å². The fourth-order valence-electron chi connectivity index (χ4n) is 0.818. The van der Waals surface area contributed by atoms with Gasteiger partial charge in [0.15, 0.2) is 0 Å². The van der Waals surface area contributed by atoms with Crippen molar-refractivity contribution in [2.75, 3.05) is 5.75 Å². The minimum Gasteiger partial charge on any atom is -0.243 e. The second-order valence-electron chi connectivity index (χ2n) is 2.44. The lowest BCUT2D eigenvalue weighted by atomic mass is 10.3. The molecule has 0 aromatic rings. The van der Waals surface area contributed by atoms with Crippen LogP contribution in [-0.4, -0.2) is 14.3 Å². The Morgan fingerprint density at radius 1 is 1.60 bits per heavy atom. The van der Waals surface area contributed by atoms with Crippen LogP contribution in [0.15, 0.2) is 0 Å². The molecule has 60 valence electrons. The van der Waals surface area contributed by atoms with Crippen LogP contribution in [0, 0.1) is 5.92 Å². The van der Waals surface area contributed by atoms with Crippen molar-refractivity contribution in [3.05, 3.63) is 0 Å². The molecule has 5 heteroatoms. The quantitative estimate of drug-likeness (QED) is 0.529. The van der Waals surface area contributed by atoms with Gasteiger partial charge < -0.3 is 0 Å². The van der Waals surface area contributed by atoms with E-state index in [0.717, 1.165) is 12.8 Å². The van der Waals surface area contributed by atoms with E-state index >= 15 is 0 Å². The minimum atomic E-state index is -1.22. The molecule has 1 rings (SSSR count). The van der Waals surface area contributed by atoms with Crippen LogP contribution in [0.3, 0.4) is 0 Å². The first-order chi connectivity index (χ1) is 4.52. The van der Waals surface area contributed by atoms with Crippen molar-refractivity contribution in [1.82, 2.24) is 0 Å². The minimum absolute atomic E-state index is 0.304. The number of alkyl halides is 2. The SMILES string of the molecule is O=S(Cl)CCC1CC1(Cl)Cl. The Labute approximate surface area is 77.0 Å². The van der Waals surface area contributed by atoms with Crippen LogP contribution in [0.2, 0.25) is 0 Å². The van der Waals surface area contributed by atoms with E-state index in [2.05, 4.69) is 0 Å². The zero-order valence-electron chi connectivity index (χ0n) is 5.15. The Morgan fingerprint density at radius 3 is 2.40 bits per heavy atom. The third-order valence-electron chi connectivity index (χ3n) is 1.58. The normalized spacial score (nSPS) is 31.7. The monoisotopic (exact) mass is 220 g/mol. The van der Waals surface area contributed by atoms with Gasteiger partial charge in [0.25, 0.3) is 0 Å². The van der Waals surface area contributed by atoms with Gasteiger partial charge in [-0.15, -0.1) is 23.2 Å². The molecule has 0 aromatic heterocycles. The van der Waals surface area contributed by atoms with Gasteiger partial charge in [0.05, 0.1) is 0 Å². The second-order valence-corrected chi connectivity index (χ2v) is 6.01. The van der Waals surface area contributed by atoms with Crippen molar-refractivity contribution in [2.45, 2.75) is 17.2 Å². The fourth-order valence-corrected chi connectivity index (χ4v) is 2.15. The van der Waals surface area contributed by atoms with Crippen LogP contribution in [0.5, 0.6) is 0 Å². The smallest absolute Gasteiger partial charge is 0.121 e. The first-order valence-corrected chi connectivity index (χ1v) is 5.85. The van der Waals surface area contributed by atoms with Gasteiger partial charge in [-0.3, -0.25) is 0 Å². The molecule has 1 nitrogen and oxygen atoms in total. The van der Waals surface area contributed by atoms with Gasteiger partial charge in [-0.1, -0.05) is 0 Å². The highest BCUT2D eigenvalue weighted by molar-refractivity contribution is 8.08. The van der Waals surface area contributed by atoms with Crippen molar-refractivity contribution in [2.24, 2.45) is 5.92 Å². The van der Waals surface area contributed by atoms with E-state index in [1.165, 1.54) is 0 Å². The average molecular weight is 222 g/mol. The molecule has 1 fully saturated rings. The molecule has 10 heavy (non-hydrogen) atoms. The van der Waals surface area contributed by atoms with Gasteiger partial charge in [-0.05, 0) is 29.4 Å². The number of hydrogen-bond acceptors (Lipinski definition) is 1. The Balaban J connectivity index is 2.13. The van der Waals surface area contributed by atoms with E-state index < -0.39 is 14.3 Å². The summed E-state index contributed by atoms with van der Waals surface area (Å²) in [5.41, 5.74) is 0. The van der Waals surface area contributed by atoms with Gasteiger partial charge in [-0.25, -0.2) is 4.21 Å². The topological polar surface area (TPSA) is 17.1 Å². The predicted molar refractivity (Wildman–Crippen MR) is 46.0 cm³/mol. The van der Waals surface area contributed by atoms with Crippen molar-refractivity contribution in [3.8, 4) is 0 Å². The van der Waals surface area contributed by atoms with E-state index in [1.54, 1.807) is 0 Å². The van der Waals surface area contributed by atoms with Crippen LogP contribution in [-0.2, 0) is 10.0 Å². The fraction of sp³-hybridized carbons (Fsp3) is 1.00. The largest absolute Gasteiger partial charge is 0.243 e. The number of hydrogen-bond donors (Lipinski definition) is 0. The molecule has 0 aromatic carbocycles. The molecular formula is C5H7Cl3OS. The lowest BCUT2D eigenvalue weighted by Gasteiger charge is -1.95. The molecule has 0 aliphatic heterocycles. The molecule has 2 atom stereocenters. The maximum absolute atomic E-state index is 10.4. The molecule has 0 N–H and O–H groups in total. The summed E-state index contributed by atoms with van der Waals surface area (Å²) in [6.45, 7) is 0. The standard InChI is InChI=1S/C5H7Cl3OS/c6-5(7)3-4(5)1-2-10(8)9/h4H,1-3H2. The molecule has 0 bridgehead atoms. The summed E-state index contributed by atoms with van der Waals surface area (Å²) in [6.07, 6.45) is 1.58. The van der Waals surface area contributed by atoms with Crippen LogP contribution >= 0.6 is 33.9 Å². The molecule has 0 radical (unpaired) electrons. The van der Waals surface area contributed by atoms with Crippen molar-refractivity contribution in [3.63, 3.8) is 0 Å². The van der Waals surface area contributed by atoms with Gasteiger partial charge in [0.1, 0.15) is 14.3 Å². The molecule has 0 saturated heterocycles. The molecule has 1 saturated carbocycles. The van der Waals surface area contributed by atoms with Crippen LogP contribution in [0.25, 0.3) is 0 Å². The molecule has 1 aliphatic carbocycles. The lowest BCUT2D eigenvalue weighted by Crippen LogP contribution is -1.95. The Bertz CT molecular complexity index is 159. The summed E-state index contributed by atoms with van der Waals surface area (Å²) in [6, 6.07) is 0. The maximum atomic E-state index is 10.4. The number of halogens is 3. The first kappa shape index (κ1) is 9.11. The highest BCUT2D eigenvalue weighted by Crippen LogP contribution is 2.54. The summed E-state index contributed by atoms with van der Waals surface area (Å²) >= 11 is 11.4. The molecule has 0 spiro atoms. The zero-order chi connectivity index (χ0) is 7.78. The van der Waals surface area contributed by atoms with Crippen LogP contribution in [0.1, 0.15) is 12.8 Å². The van der Waals surface area contributed by atoms with Crippen LogP contribution in [0.4, 0.5) is 0 Å². The highest BCUT2D eigenvalue weighted by Gasteiger charge is 2.50. The number of rotatable bonds is 3. The summed E-state index contributed by atoms with van der Waals surface area (Å²) in [7, 11) is 4.00. The van der Waals surface area contributed by atoms with E-state index in [0.29, 0.717) is 11.7 Å². The lowest BCUT2D eigenvalue weighted by molar-refractivity contribution is 0.684. The van der Waals surface area contributed by atoms with E-state index in [4.69, 9.17) is 33.9 Å². The third-order valence-corrected chi connectivity index (χ3v) is 3.53. The third kappa shape index (κ3) is 2.57. The summed E-state index contributed by atoms with van der Waals surface area (Å²) < 4.78 is 9.83. The summed E-state index contributed by atoms with van der Waals surface area (Å²) in [5.74, 6) is 0.798. The molecule has 0 amide bonds. The highest BCUT2D eigenvalue weighted by atomic mass is 35.7. The second kappa shape index (κ2) is 3.18. The van der Waals surface area contributed by atoms with E-state index in [-0.39, 0.29) is 0 Å². The Hall–Kier alpha value is 1.02. The molecule has 2 unspecified atom stereocenters. The maximum Gasteiger partial charge on any atom is 0.121 e. The summed E-state index contributed by atoms with van der Waals surface area (Å²) in [5, 5.41) is 0. The van der Waals surface area contributed by atoms with Crippen LogP contribution < -0.4 is 0 Å². The Kier molecular flexibility index (Phi) is 2.89.